The average molecular weight is 375 g/mol. The topological polar surface area (TPSA) is 103 Å². The van der Waals surface area contributed by atoms with Crippen LogP contribution < -0.4 is 14.8 Å². The highest BCUT2D eigenvalue weighted by Crippen LogP contribution is 2.31. The smallest absolute Gasteiger partial charge is 0.305 e. The van der Waals surface area contributed by atoms with Gasteiger partial charge in [-0.2, -0.15) is 5.10 Å². The van der Waals surface area contributed by atoms with Crippen LogP contribution in [0.3, 0.4) is 0 Å². The number of aromatic nitrogens is 2. The Morgan fingerprint density at radius 1 is 1.19 bits per heavy atom. The number of aryl methyl sites for hydroxylation is 1. The van der Waals surface area contributed by atoms with Crippen molar-refractivity contribution in [1.29, 1.82) is 0 Å². The zero-order valence-electron chi connectivity index (χ0n) is 16.1. The third-order valence-corrected chi connectivity index (χ3v) is 4.23. The van der Waals surface area contributed by atoms with Crippen molar-refractivity contribution in [3.8, 4) is 11.5 Å². The second-order valence-corrected chi connectivity index (χ2v) is 6.47. The zero-order chi connectivity index (χ0) is 20.1. The predicted molar refractivity (Wildman–Crippen MR) is 99.3 cm³/mol. The van der Waals surface area contributed by atoms with Gasteiger partial charge in [-0.3, -0.25) is 14.3 Å². The van der Waals surface area contributed by atoms with Crippen LogP contribution >= 0.6 is 0 Å². The summed E-state index contributed by atoms with van der Waals surface area (Å²) in [6.07, 6.45) is -0.273. The maximum Gasteiger partial charge on any atom is 0.305 e. The van der Waals surface area contributed by atoms with Crippen LogP contribution in [0.15, 0.2) is 24.3 Å². The van der Waals surface area contributed by atoms with Crippen LogP contribution in [0.2, 0.25) is 0 Å². The normalized spacial score (nSPS) is 11.9. The van der Waals surface area contributed by atoms with E-state index in [0.717, 1.165) is 5.69 Å². The first-order chi connectivity index (χ1) is 12.8. The number of aliphatic carboxylic acids is 1. The first-order valence-corrected chi connectivity index (χ1v) is 8.55. The summed E-state index contributed by atoms with van der Waals surface area (Å²) in [5.41, 5.74) is 1.77. The van der Waals surface area contributed by atoms with Gasteiger partial charge in [0, 0.05) is 12.7 Å². The van der Waals surface area contributed by atoms with Gasteiger partial charge in [0.15, 0.2) is 11.5 Å². The minimum atomic E-state index is -1.03. The van der Waals surface area contributed by atoms with Gasteiger partial charge in [0.2, 0.25) is 0 Å². The molecule has 0 radical (unpaired) electrons. The molecule has 2 N–H and O–H groups in total. The lowest BCUT2D eigenvalue weighted by atomic mass is 10.0. The van der Waals surface area contributed by atoms with Crippen molar-refractivity contribution >= 4 is 11.9 Å². The van der Waals surface area contributed by atoms with Crippen LogP contribution in [-0.2, 0) is 11.8 Å². The Morgan fingerprint density at radius 2 is 1.85 bits per heavy atom. The molecule has 8 nitrogen and oxygen atoms in total. The second kappa shape index (κ2) is 8.57. The lowest BCUT2D eigenvalue weighted by Crippen LogP contribution is -2.30. The van der Waals surface area contributed by atoms with Gasteiger partial charge < -0.3 is 19.9 Å². The van der Waals surface area contributed by atoms with Gasteiger partial charge in [-0.15, -0.1) is 0 Å². The molecule has 1 unspecified atom stereocenters. The molecule has 1 atom stereocenters. The molecule has 0 spiro atoms. The summed E-state index contributed by atoms with van der Waals surface area (Å²) in [4.78, 5) is 23.9. The van der Waals surface area contributed by atoms with Crippen LogP contribution in [-0.4, -0.2) is 41.0 Å². The summed E-state index contributed by atoms with van der Waals surface area (Å²) in [5.74, 6) is -0.269. The largest absolute Gasteiger partial charge is 0.493 e. The lowest BCUT2D eigenvalue weighted by molar-refractivity contribution is -0.137. The minimum absolute atomic E-state index is 0.213. The molecule has 1 amide bonds. The van der Waals surface area contributed by atoms with Crippen molar-refractivity contribution in [3.05, 3.63) is 41.2 Å². The molecule has 146 valence electrons. The van der Waals surface area contributed by atoms with Crippen molar-refractivity contribution < 1.29 is 24.2 Å². The molecule has 1 aromatic heterocycles. The van der Waals surface area contributed by atoms with Gasteiger partial charge in [0.25, 0.3) is 5.91 Å². The third kappa shape index (κ3) is 4.78. The highest BCUT2D eigenvalue weighted by molar-refractivity contribution is 5.93. The standard InChI is InChI=1S/C19H25N3O5/c1-11(2)15-9-14(21-22(15)3)19(25)20-13(10-18(23)24)12-6-7-16(26-4)17(8-12)27-5/h6-9,11,13H,10H2,1-5H3,(H,20,25)(H,23,24). The van der Waals surface area contributed by atoms with Crippen LogP contribution in [0.1, 0.15) is 54.0 Å². The number of ether oxygens (including phenoxy) is 2. The number of hydrogen-bond acceptors (Lipinski definition) is 5. The van der Waals surface area contributed by atoms with Crippen molar-refractivity contribution in [2.45, 2.75) is 32.2 Å². The number of hydrogen-bond donors (Lipinski definition) is 2. The number of rotatable bonds is 8. The van der Waals surface area contributed by atoms with Crippen molar-refractivity contribution in [2.75, 3.05) is 14.2 Å². The molecular weight excluding hydrogens is 350 g/mol. The van der Waals surface area contributed by atoms with Gasteiger partial charge in [-0.25, -0.2) is 0 Å². The summed E-state index contributed by atoms with van der Waals surface area (Å²) in [6, 6.07) is 6.01. The molecule has 1 heterocycles. The number of carbonyl (C=O) groups excluding carboxylic acids is 1. The van der Waals surface area contributed by atoms with E-state index in [2.05, 4.69) is 10.4 Å². The molecule has 0 bridgehead atoms. The van der Waals surface area contributed by atoms with E-state index in [4.69, 9.17) is 9.47 Å². The minimum Gasteiger partial charge on any atom is -0.493 e. The van der Waals surface area contributed by atoms with Crippen LogP contribution in [0.4, 0.5) is 0 Å². The molecule has 0 saturated carbocycles. The Hall–Kier alpha value is -3.03. The Balaban J connectivity index is 2.30. The third-order valence-electron chi connectivity index (χ3n) is 4.23. The molecule has 0 aliphatic rings. The van der Waals surface area contributed by atoms with E-state index in [1.807, 2.05) is 13.8 Å². The Morgan fingerprint density at radius 3 is 2.37 bits per heavy atom. The van der Waals surface area contributed by atoms with E-state index >= 15 is 0 Å². The summed E-state index contributed by atoms with van der Waals surface area (Å²) < 4.78 is 12.1. The number of benzene rings is 1. The number of nitrogens with zero attached hydrogens (tertiary/aromatic N) is 2. The fourth-order valence-corrected chi connectivity index (χ4v) is 2.86. The van der Waals surface area contributed by atoms with Gasteiger partial charge in [0.05, 0.1) is 26.7 Å². The van der Waals surface area contributed by atoms with Gasteiger partial charge >= 0.3 is 5.97 Å². The lowest BCUT2D eigenvalue weighted by Gasteiger charge is -2.18. The van der Waals surface area contributed by atoms with E-state index in [1.165, 1.54) is 14.2 Å². The second-order valence-electron chi connectivity index (χ2n) is 6.47. The quantitative estimate of drug-likeness (QED) is 0.735. The van der Waals surface area contributed by atoms with Crippen LogP contribution in [0.25, 0.3) is 0 Å². The fourth-order valence-electron chi connectivity index (χ4n) is 2.86. The van der Waals surface area contributed by atoms with E-state index in [9.17, 15) is 14.7 Å². The predicted octanol–water partition coefficient (Wildman–Crippen LogP) is 2.51. The molecule has 1 aromatic carbocycles. The van der Waals surface area contributed by atoms with Gasteiger partial charge in [-0.05, 0) is 29.7 Å². The number of carbonyl (C=O) groups is 2. The fraction of sp³-hybridized carbons (Fsp3) is 0.421. The number of carboxylic acids is 1. The van der Waals surface area contributed by atoms with E-state index in [-0.39, 0.29) is 18.0 Å². The van der Waals surface area contributed by atoms with E-state index < -0.39 is 17.9 Å². The average Bonchev–Trinajstić information content (AvgIpc) is 3.02. The highest BCUT2D eigenvalue weighted by Gasteiger charge is 2.22. The monoisotopic (exact) mass is 375 g/mol. The number of carboxylic acid groups (broad SMARTS) is 1. The molecule has 0 fully saturated rings. The molecular formula is C19H25N3O5. The molecule has 2 rings (SSSR count). The van der Waals surface area contributed by atoms with E-state index in [1.54, 1.807) is 36.0 Å². The zero-order valence-corrected chi connectivity index (χ0v) is 16.1. The van der Waals surface area contributed by atoms with E-state index in [0.29, 0.717) is 17.1 Å². The maximum absolute atomic E-state index is 12.6. The molecule has 8 heteroatoms. The Labute approximate surface area is 158 Å². The molecule has 0 aliphatic heterocycles. The molecule has 2 aromatic rings. The summed E-state index contributed by atoms with van der Waals surface area (Å²) in [7, 11) is 4.78. The number of methoxy groups -OCH3 is 2. The van der Waals surface area contributed by atoms with Crippen LogP contribution in [0, 0.1) is 0 Å². The summed E-state index contributed by atoms with van der Waals surface area (Å²) in [5, 5.41) is 16.2. The van der Waals surface area contributed by atoms with Crippen molar-refractivity contribution in [3.63, 3.8) is 0 Å². The molecule has 0 aliphatic carbocycles. The summed E-state index contributed by atoms with van der Waals surface area (Å²) in [6.45, 7) is 4.02. The van der Waals surface area contributed by atoms with Crippen molar-refractivity contribution in [2.24, 2.45) is 7.05 Å². The number of amides is 1. The summed E-state index contributed by atoms with van der Waals surface area (Å²) >= 11 is 0. The van der Waals surface area contributed by atoms with Crippen LogP contribution in [0.5, 0.6) is 11.5 Å². The highest BCUT2D eigenvalue weighted by atomic mass is 16.5. The Bertz CT molecular complexity index is 829. The molecule has 27 heavy (non-hydrogen) atoms. The van der Waals surface area contributed by atoms with Gasteiger partial charge in [0.1, 0.15) is 5.69 Å². The van der Waals surface area contributed by atoms with Gasteiger partial charge in [-0.1, -0.05) is 19.9 Å². The SMILES string of the molecule is COc1ccc(C(CC(=O)O)NC(=O)c2cc(C(C)C)n(C)n2)cc1OC. The Kier molecular flexibility index (Phi) is 6.44. The maximum atomic E-state index is 12.6. The number of nitrogens with one attached hydrogen (secondary N) is 1. The van der Waals surface area contributed by atoms with Crippen molar-refractivity contribution in [1.82, 2.24) is 15.1 Å². The first kappa shape index (κ1) is 20.3. The molecule has 0 saturated heterocycles. The first-order valence-electron chi connectivity index (χ1n) is 8.55.